The summed E-state index contributed by atoms with van der Waals surface area (Å²) in [7, 11) is 0. The fourth-order valence-electron chi connectivity index (χ4n) is 3.99. The van der Waals surface area contributed by atoms with E-state index in [0.717, 1.165) is 12.8 Å². The van der Waals surface area contributed by atoms with Gasteiger partial charge in [-0.15, -0.1) is 0 Å². The van der Waals surface area contributed by atoms with Crippen LogP contribution in [0.4, 0.5) is 0 Å². The predicted octanol–water partition coefficient (Wildman–Crippen LogP) is 2.91. The maximum atomic E-state index is 13.2. The van der Waals surface area contributed by atoms with Crippen molar-refractivity contribution in [3.05, 3.63) is 22.7 Å². The van der Waals surface area contributed by atoms with Crippen molar-refractivity contribution in [3.63, 3.8) is 0 Å². The normalized spacial score (nSPS) is 27.4. The summed E-state index contributed by atoms with van der Waals surface area (Å²) in [6, 6.07) is 3.40. The third-order valence-electron chi connectivity index (χ3n) is 4.95. The van der Waals surface area contributed by atoms with E-state index < -0.39 is 11.2 Å². The van der Waals surface area contributed by atoms with Crippen LogP contribution in [-0.2, 0) is 9.47 Å². The largest absolute Gasteiger partial charge is 0.489 e. The van der Waals surface area contributed by atoms with Gasteiger partial charge in [0.25, 0.3) is 5.91 Å². The highest BCUT2D eigenvalue weighted by molar-refractivity contribution is 6.32. The Bertz CT molecular complexity index is 714. The third kappa shape index (κ3) is 3.38. The summed E-state index contributed by atoms with van der Waals surface area (Å²) in [5.74, 6) is 0.971. The Balaban J connectivity index is 1.62. The molecule has 6 nitrogen and oxygen atoms in total. The van der Waals surface area contributed by atoms with Crippen molar-refractivity contribution in [1.29, 1.82) is 0 Å². The average molecular weight is 382 g/mol. The summed E-state index contributed by atoms with van der Waals surface area (Å²) < 4.78 is 23.2. The standard InChI is InChI=1S/C19H24ClNO5/c1-18(2)10-21(11-19(26-18)4-7-23-12-19)17(22)13-8-14(20)16-15(9-13)24-5-3-6-25-16/h8-9H,3-7,10-12H2,1-2H3. The molecule has 1 aromatic rings. The van der Waals surface area contributed by atoms with Gasteiger partial charge in [0.2, 0.25) is 0 Å². The van der Waals surface area contributed by atoms with Crippen molar-refractivity contribution in [3.8, 4) is 11.5 Å². The topological polar surface area (TPSA) is 57.2 Å². The number of nitrogens with zero attached hydrogens (tertiary/aromatic N) is 1. The molecule has 3 aliphatic heterocycles. The molecule has 4 rings (SSSR count). The Morgan fingerprint density at radius 3 is 2.73 bits per heavy atom. The van der Waals surface area contributed by atoms with Crippen molar-refractivity contribution in [2.75, 3.05) is 39.5 Å². The second-order valence-corrected chi connectivity index (χ2v) is 8.25. The number of hydrogen-bond acceptors (Lipinski definition) is 5. The Morgan fingerprint density at radius 2 is 1.96 bits per heavy atom. The van der Waals surface area contributed by atoms with Crippen LogP contribution in [0.5, 0.6) is 11.5 Å². The number of halogens is 1. The monoisotopic (exact) mass is 381 g/mol. The number of hydrogen-bond donors (Lipinski definition) is 0. The van der Waals surface area contributed by atoms with Gasteiger partial charge in [0.1, 0.15) is 5.60 Å². The van der Waals surface area contributed by atoms with Gasteiger partial charge in [-0.3, -0.25) is 4.79 Å². The van der Waals surface area contributed by atoms with E-state index in [-0.39, 0.29) is 5.91 Å². The average Bonchev–Trinajstić information content (AvgIpc) is 2.86. The van der Waals surface area contributed by atoms with E-state index in [1.807, 2.05) is 18.7 Å². The number of fused-ring (bicyclic) bond motifs is 1. The molecule has 1 spiro atoms. The second-order valence-electron chi connectivity index (χ2n) is 7.84. The minimum absolute atomic E-state index is 0.0785. The summed E-state index contributed by atoms with van der Waals surface area (Å²) in [6.45, 7) is 7.32. The number of carbonyl (C=O) groups excluding carboxylic acids is 1. The molecule has 3 aliphatic rings. The number of carbonyl (C=O) groups is 1. The fraction of sp³-hybridized carbons (Fsp3) is 0.632. The highest BCUT2D eigenvalue weighted by atomic mass is 35.5. The first-order valence-electron chi connectivity index (χ1n) is 9.04. The zero-order chi connectivity index (χ0) is 18.4. The van der Waals surface area contributed by atoms with E-state index in [9.17, 15) is 4.79 Å². The van der Waals surface area contributed by atoms with Crippen LogP contribution in [0.1, 0.15) is 37.0 Å². The lowest BCUT2D eigenvalue weighted by Gasteiger charge is -2.48. The van der Waals surface area contributed by atoms with E-state index in [1.54, 1.807) is 12.1 Å². The molecule has 2 fully saturated rings. The molecular weight excluding hydrogens is 358 g/mol. The van der Waals surface area contributed by atoms with Gasteiger partial charge >= 0.3 is 0 Å². The molecule has 0 aliphatic carbocycles. The van der Waals surface area contributed by atoms with Gasteiger partial charge in [-0.25, -0.2) is 0 Å². The molecule has 0 radical (unpaired) electrons. The van der Waals surface area contributed by atoms with Crippen molar-refractivity contribution < 1.29 is 23.7 Å². The SMILES string of the molecule is CC1(C)CN(C(=O)c2cc(Cl)c3c(c2)OCCCO3)CC2(CCOC2)O1. The van der Waals surface area contributed by atoms with Gasteiger partial charge in [0, 0.05) is 31.6 Å². The van der Waals surface area contributed by atoms with Gasteiger partial charge in [0.05, 0.1) is 37.0 Å². The second kappa shape index (κ2) is 6.59. The predicted molar refractivity (Wildman–Crippen MR) is 96.3 cm³/mol. The van der Waals surface area contributed by atoms with E-state index in [2.05, 4.69) is 0 Å². The van der Waals surface area contributed by atoms with Crippen LogP contribution in [0.15, 0.2) is 12.1 Å². The van der Waals surface area contributed by atoms with Crippen LogP contribution in [0.2, 0.25) is 5.02 Å². The lowest BCUT2D eigenvalue weighted by atomic mass is 9.94. The first kappa shape index (κ1) is 17.9. The van der Waals surface area contributed by atoms with Crippen molar-refractivity contribution in [1.82, 2.24) is 4.90 Å². The zero-order valence-corrected chi connectivity index (χ0v) is 15.9. The molecule has 142 valence electrons. The fourth-order valence-corrected chi connectivity index (χ4v) is 4.25. The molecule has 0 saturated carbocycles. The van der Waals surface area contributed by atoms with Gasteiger partial charge in [0.15, 0.2) is 11.5 Å². The molecule has 26 heavy (non-hydrogen) atoms. The Labute approximate surface area is 158 Å². The Morgan fingerprint density at radius 1 is 1.15 bits per heavy atom. The molecule has 0 N–H and O–H groups in total. The Kier molecular flexibility index (Phi) is 4.53. The molecule has 0 aromatic heterocycles. The number of ether oxygens (including phenoxy) is 4. The van der Waals surface area contributed by atoms with Crippen molar-refractivity contribution in [2.45, 2.75) is 37.9 Å². The lowest BCUT2D eigenvalue weighted by molar-refractivity contribution is -0.186. The van der Waals surface area contributed by atoms with Gasteiger partial charge in [-0.05, 0) is 26.0 Å². The summed E-state index contributed by atoms with van der Waals surface area (Å²) in [5.41, 5.74) is -0.352. The van der Waals surface area contributed by atoms with Crippen molar-refractivity contribution >= 4 is 17.5 Å². The summed E-state index contributed by atoms with van der Waals surface area (Å²) in [5, 5.41) is 0.402. The molecule has 3 heterocycles. The number of benzene rings is 1. The molecule has 1 amide bonds. The van der Waals surface area contributed by atoms with Gasteiger partial charge < -0.3 is 23.8 Å². The maximum absolute atomic E-state index is 13.2. The third-order valence-corrected chi connectivity index (χ3v) is 5.23. The number of amides is 1. The van der Waals surface area contributed by atoms with E-state index in [4.69, 9.17) is 30.5 Å². The van der Waals surface area contributed by atoms with Crippen LogP contribution in [0.3, 0.4) is 0 Å². The lowest BCUT2D eigenvalue weighted by Crippen LogP contribution is -2.61. The highest BCUT2D eigenvalue weighted by Crippen LogP contribution is 2.39. The zero-order valence-electron chi connectivity index (χ0n) is 15.2. The van der Waals surface area contributed by atoms with Gasteiger partial charge in [-0.1, -0.05) is 11.6 Å². The van der Waals surface area contributed by atoms with Crippen LogP contribution in [-0.4, -0.2) is 61.5 Å². The van der Waals surface area contributed by atoms with E-state index in [1.165, 1.54) is 0 Å². The van der Waals surface area contributed by atoms with E-state index >= 15 is 0 Å². The quantitative estimate of drug-likeness (QED) is 0.748. The van der Waals surface area contributed by atoms with Crippen LogP contribution >= 0.6 is 11.6 Å². The first-order valence-corrected chi connectivity index (χ1v) is 9.42. The summed E-state index contributed by atoms with van der Waals surface area (Å²) in [4.78, 5) is 15.1. The smallest absolute Gasteiger partial charge is 0.254 e. The number of rotatable bonds is 1. The summed E-state index contributed by atoms with van der Waals surface area (Å²) >= 11 is 6.36. The van der Waals surface area contributed by atoms with Crippen molar-refractivity contribution in [2.24, 2.45) is 0 Å². The molecular formula is C19H24ClNO5. The maximum Gasteiger partial charge on any atom is 0.254 e. The molecule has 2 saturated heterocycles. The summed E-state index contributed by atoms with van der Waals surface area (Å²) in [6.07, 6.45) is 1.58. The minimum Gasteiger partial charge on any atom is -0.489 e. The molecule has 1 unspecified atom stereocenters. The van der Waals surface area contributed by atoms with Crippen LogP contribution in [0.25, 0.3) is 0 Å². The highest BCUT2D eigenvalue weighted by Gasteiger charge is 2.48. The van der Waals surface area contributed by atoms with Crippen LogP contribution < -0.4 is 9.47 Å². The first-order chi connectivity index (χ1) is 12.4. The molecule has 1 atom stereocenters. The van der Waals surface area contributed by atoms with E-state index in [0.29, 0.717) is 61.6 Å². The van der Waals surface area contributed by atoms with Crippen LogP contribution in [0, 0.1) is 0 Å². The Hall–Kier alpha value is -1.50. The molecule has 1 aromatic carbocycles. The molecule has 0 bridgehead atoms. The van der Waals surface area contributed by atoms with Gasteiger partial charge in [-0.2, -0.15) is 0 Å². The molecule has 7 heteroatoms. The minimum atomic E-state index is -0.434. The number of morpholine rings is 1.